The van der Waals surface area contributed by atoms with E-state index in [-0.39, 0.29) is 74.9 Å². The van der Waals surface area contributed by atoms with Crippen molar-refractivity contribution in [2.24, 2.45) is 0 Å². The number of fused-ring (bicyclic) bond motifs is 1. The fraction of sp³-hybridized carbons (Fsp3) is 0.222. The minimum atomic E-state index is -3.97. The number of carbonyl (C=O) groups is 1. The molecule has 1 aliphatic rings. The first-order chi connectivity index (χ1) is 19.8. The SMILES string of the molecule is C=CC(=O)N1CCN(c2nc(=O)n(-c3c(S(C)(=O)=O)ccnc3Cl)c3nc(-c4c(F)cccc4F)c(Cl)cc23)[C@@H](C)C1. The van der Waals surface area contributed by atoms with Crippen molar-refractivity contribution in [2.75, 3.05) is 30.8 Å². The van der Waals surface area contributed by atoms with Crippen LogP contribution in [0.15, 0.2) is 58.9 Å². The average molecular weight is 635 g/mol. The molecule has 42 heavy (non-hydrogen) atoms. The first-order valence-electron chi connectivity index (χ1n) is 12.4. The van der Waals surface area contributed by atoms with E-state index in [0.29, 0.717) is 0 Å². The Bertz CT molecular complexity index is 1930. The maximum atomic E-state index is 14.9. The van der Waals surface area contributed by atoms with Crippen LogP contribution in [0.1, 0.15) is 6.92 Å². The van der Waals surface area contributed by atoms with Gasteiger partial charge in [-0.3, -0.25) is 4.79 Å². The normalized spacial score (nSPS) is 15.7. The highest BCUT2D eigenvalue weighted by Gasteiger charge is 2.31. The molecule has 0 unspecified atom stereocenters. The summed E-state index contributed by atoms with van der Waals surface area (Å²) in [4.78, 5) is 41.6. The number of amides is 1. The zero-order chi connectivity index (χ0) is 30.5. The minimum absolute atomic E-state index is 0.125. The second-order valence-corrected chi connectivity index (χ2v) is 12.3. The summed E-state index contributed by atoms with van der Waals surface area (Å²) < 4.78 is 56.0. The molecule has 0 N–H and O–H groups in total. The molecule has 0 radical (unpaired) electrons. The van der Waals surface area contributed by atoms with Gasteiger partial charge in [-0.15, -0.1) is 0 Å². The third-order valence-corrected chi connectivity index (χ3v) is 8.55. The number of nitrogens with zero attached hydrogens (tertiary/aromatic N) is 6. The van der Waals surface area contributed by atoms with Crippen molar-refractivity contribution in [3.63, 3.8) is 0 Å². The van der Waals surface area contributed by atoms with E-state index in [1.54, 1.807) is 9.80 Å². The predicted molar refractivity (Wildman–Crippen MR) is 155 cm³/mol. The lowest BCUT2D eigenvalue weighted by atomic mass is 10.1. The molecule has 1 aromatic carbocycles. The maximum Gasteiger partial charge on any atom is 0.355 e. The first kappa shape index (κ1) is 29.5. The molecular weight excluding hydrogens is 613 g/mol. The number of benzene rings is 1. The van der Waals surface area contributed by atoms with Crippen LogP contribution in [0.5, 0.6) is 0 Å². The van der Waals surface area contributed by atoms with Gasteiger partial charge in [0.15, 0.2) is 20.6 Å². The summed E-state index contributed by atoms with van der Waals surface area (Å²) in [6.45, 7) is 6.16. The second kappa shape index (κ2) is 11.0. The van der Waals surface area contributed by atoms with E-state index in [4.69, 9.17) is 23.2 Å². The van der Waals surface area contributed by atoms with Crippen LogP contribution in [-0.2, 0) is 14.6 Å². The van der Waals surface area contributed by atoms with E-state index in [9.17, 15) is 26.8 Å². The highest BCUT2D eigenvalue weighted by Crippen LogP contribution is 2.37. The van der Waals surface area contributed by atoms with Crippen LogP contribution in [-0.4, -0.2) is 70.7 Å². The van der Waals surface area contributed by atoms with Crippen LogP contribution in [0.3, 0.4) is 0 Å². The number of piperazine rings is 1. The first-order valence-corrected chi connectivity index (χ1v) is 15.1. The van der Waals surface area contributed by atoms with Crippen molar-refractivity contribution in [3.8, 4) is 16.9 Å². The van der Waals surface area contributed by atoms with E-state index in [1.165, 1.54) is 18.2 Å². The van der Waals surface area contributed by atoms with Gasteiger partial charge in [0.05, 0.1) is 26.6 Å². The van der Waals surface area contributed by atoms with E-state index in [0.717, 1.165) is 35.2 Å². The summed E-state index contributed by atoms with van der Waals surface area (Å²) in [5.41, 5.74) is -2.42. The number of hydrogen-bond acceptors (Lipinski definition) is 8. The number of aromatic nitrogens is 4. The molecule has 10 nitrogen and oxygen atoms in total. The molecule has 15 heteroatoms. The molecule has 1 amide bonds. The number of anilines is 1. The Morgan fingerprint density at radius 2 is 1.83 bits per heavy atom. The quantitative estimate of drug-likeness (QED) is 0.238. The van der Waals surface area contributed by atoms with E-state index in [2.05, 4.69) is 21.5 Å². The molecule has 4 heterocycles. The van der Waals surface area contributed by atoms with Crippen molar-refractivity contribution < 1.29 is 22.0 Å². The van der Waals surface area contributed by atoms with Gasteiger partial charge in [0, 0.05) is 38.1 Å². The Balaban J connectivity index is 1.86. The van der Waals surface area contributed by atoms with Crippen LogP contribution >= 0.6 is 23.2 Å². The Morgan fingerprint density at radius 3 is 2.45 bits per heavy atom. The molecule has 1 fully saturated rings. The maximum absolute atomic E-state index is 14.9. The largest absolute Gasteiger partial charge is 0.355 e. The predicted octanol–water partition coefficient (Wildman–Crippen LogP) is 4.05. The van der Waals surface area contributed by atoms with Gasteiger partial charge in [-0.05, 0) is 37.3 Å². The van der Waals surface area contributed by atoms with Crippen LogP contribution in [0.4, 0.5) is 14.6 Å². The molecule has 0 spiro atoms. The molecule has 4 aromatic rings. The molecule has 0 aliphatic carbocycles. The highest BCUT2D eigenvalue weighted by atomic mass is 35.5. The smallest absolute Gasteiger partial charge is 0.350 e. The second-order valence-electron chi connectivity index (χ2n) is 9.59. The Hall–Kier alpha value is -3.94. The number of pyridine rings is 2. The van der Waals surface area contributed by atoms with Gasteiger partial charge in [-0.25, -0.2) is 36.5 Å². The summed E-state index contributed by atoms with van der Waals surface area (Å²) in [7, 11) is -3.97. The molecule has 218 valence electrons. The number of sulfone groups is 1. The summed E-state index contributed by atoms with van der Waals surface area (Å²) in [5.74, 6) is -2.05. The molecule has 1 aliphatic heterocycles. The van der Waals surface area contributed by atoms with Crippen molar-refractivity contribution in [1.82, 2.24) is 24.4 Å². The third kappa shape index (κ3) is 5.12. The van der Waals surface area contributed by atoms with Crippen molar-refractivity contribution in [2.45, 2.75) is 17.9 Å². The van der Waals surface area contributed by atoms with Crippen LogP contribution < -0.4 is 10.6 Å². The summed E-state index contributed by atoms with van der Waals surface area (Å²) in [6.07, 6.45) is 3.29. The lowest BCUT2D eigenvalue weighted by molar-refractivity contribution is -0.126. The molecular formula is C27H22Cl2F2N6O4S. The number of halogens is 4. The molecule has 5 rings (SSSR count). The van der Waals surface area contributed by atoms with Gasteiger partial charge >= 0.3 is 5.69 Å². The van der Waals surface area contributed by atoms with E-state index < -0.39 is 32.7 Å². The molecule has 0 saturated carbocycles. The zero-order valence-electron chi connectivity index (χ0n) is 22.2. The summed E-state index contributed by atoms with van der Waals surface area (Å²) >= 11 is 12.9. The number of hydrogen-bond donors (Lipinski definition) is 0. The van der Waals surface area contributed by atoms with Crippen LogP contribution in [0.25, 0.3) is 28.0 Å². The van der Waals surface area contributed by atoms with Gasteiger partial charge in [-0.1, -0.05) is 35.8 Å². The third-order valence-electron chi connectivity index (χ3n) is 6.85. The Kier molecular flexibility index (Phi) is 7.77. The van der Waals surface area contributed by atoms with Gasteiger partial charge in [0.1, 0.15) is 23.1 Å². The standard InChI is InChI=1S/C27H22Cl2F2N6O4S/c1-4-20(38)35-10-11-36(14(2)13-35)25-15-12-16(28)22(21-17(30)6-5-7-18(21)31)33-26(15)37(27(39)34-25)23-19(42(3,40)41)8-9-32-24(23)29/h4-9,12,14H,1,10-11,13H2,2-3H3/t14-/m0/s1. The van der Waals surface area contributed by atoms with Gasteiger partial charge < -0.3 is 9.80 Å². The van der Waals surface area contributed by atoms with Gasteiger partial charge in [-0.2, -0.15) is 4.98 Å². The summed E-state index contributed by atoms with van der Waals surface area (Å²) in [6, 6.07) is 5.39. The van der Waals surface area contributed by atoms with Crippen LogP contribution in [0.2, 0.25) is 10.2 Å². The molecule has 1 atom stereocenters. The Morgan fingerprint density at radius 1 is 1.14 bits per heavy atom. The zero-order valence-corrected chi connectivity index (χ0v) is 24.5. The molecule has 0 bridgehead atoms. The van der Waals surface area contributed by atoms with E-state index in [1.807, 2.05) is 6.92 Å². The summed E-state index contributed by atoms with van der Waals surface area (Å²) in [5, 5.41) is -0.348. The van der Waals surface area contributed by atoms with Crippen molar-refractivity contribution in [1.29, 1.82) is 0 Å². The highest BCUT2D eigenvalue weighted by molar-refractivity contribution is 7.90. The van der Waals surface area contributed by atoms with Crippen molar-refractivity contribution in [3.05, 3.63) is 81.5 Å². The monoisotopic (exact) mass is 634 g/mol. The lowest BCUT2D eigenvalue weighted by Gasteiger charge is -2.40. The van der Waals surface area contributed by atoms with Gasteiger partial charge in [0.25, 0.3) is 0 Å². The lowest BCUT2D eigenvalue weighted by Crippen LogP contribution is -2.54. The minimum Gasteiger partial charge on any atom is -0.350 e. The fourth-order valence-corrected chi connectivity index (χ4v) is 6.33. The molecule has 3 aromatic heterocycles. The van der Waals surface area contributed by atoms with E-state index >= 15 is 0 Å². The topological polar surface area (TPSA) is 118 Å². The van der Waals surface area contributed by atoms with Crippen LogP contribution in [0, 0.1) is 11.6 Å². The Labute approximate surface area is 248 Å². The van der Waals surface area contributed by atoms with Gasteiger partial charge in [0.2, 0.25) is 5.91 Å². The number of rotatable bonds is 5. The average Bonchev–Trinajstić information content (AvgIpc) is 2.92. The van der Waals surface area contributed by atoms with Crippen molar-refractivity contribution >= 4 is 55.8 Å². The number of carbonyl (C=O) groups excluding carboxylic acids is 1. The molecule has 1 saturated heterocycles. The fourth-order valence-electron chi connectivity index (χ4n) is 4.94.